The molecule has 1 aliphatic rings. The molecule has 0 aromatic carbocycles. The topological polar surface area (TPSA) is 53.0 Å². The quantitative estimate of drug-likeness (QED) is 0.775. The Hall–Kier alpha value is -0.460. The van der Waals surface area contributed by atoms with E-state index in [0.717, 1.165) is 19.4 Å². The second kappa shape index (κ2) is 7.00. The van der Waals surface area contributed by atoms with Gasteiger partial charge >= 0.3 is 6.09 Å². The van der Waals surface area contributed by atoms with Crippen LogP contribution in [0.4, 0.5) is 4.79 Å². The van der Waals surface area contributed by atoms with Gasteiger partial charge in [0.2, 0.25) is 0 Å². The normalized spacial score (nSPS) is 19.2. The average molecular weight is 304 g/mol. The molecule has 6 heteroatoms. The van der Waals surface area contributed by atoms with Gasteiger partial charge in [-0.05, 0) is 40.7 Å². The molecule has 1 fully saturated rings. The first-order valence-corrected chi connectivity index (χ1v) is 7.60. The zero-order valence-corrected chi connectivity index (χ0v) is 13.9. The van der Waals surface area contributed by atoms with E-state index in [4.69, 9.17) is 22.5 Å². The highest BCUT2D eigenvalue weighted by atomic mass is 32.1. The Kier molecular flexibility index (Phi) is 6.16. The highest BCUT2D eigenvalue weighted by molar-refractivity contribution is 7.81. The number of carbonyl (C=O) groups excluding carboxylic acids is 1. The predicted octanol–water partition coefficient (Wildman–Crippen LogP) is 1.61. The summed E-state index contributed by atoms with van der Waals surface area (Å²) in [7, 11) is 1.98. The van der Waals surface area contributed by atoms with Crippen LogP contribution in [0.1, 0.15) is 33.6 Å². The number of aliphatic hydroxyl groups excluding tert-OH is 1. The van der Waals surface area contributed by atoms with E-state index in [1.807, 2.05) is 27.8 Å². The number of aliphatic hydroxyl groups is 1. The number of likely N-dealkylation sites (tertiary alicyclic amines) is 1. The van der Waals surface area contributed by atoms with E-state index in [0.29, 0.717) is 19.6 Å². The van der Waals surface area contributed by atoms with Crippen LogP contribution in [0.2, 0.25) is 0 Å². The lowest BCUT2D eigenvalue weighted by Gasteiger charge is -2.40. The molecule has 1 N–H and O–H groups in total. The maximum atomic E-state index is 12.0. The van der Waals surface area contributed by atoms with Gasteiger partial charge in [0, 0.05) is 30.9 Å². The molecule has 0 saturated carbocycles. The lowest BCUT2D eigenvalue weighted by Crippen LogP contribution is -2.49. The van der Waals surface area contributed by atoms with Gasteiger partial charge in [0.25, 0.3) is 0 Å². The van der Waals surface area contributed by atoms with Crippen molar-refractivity contribution in [3.05, 3.63) is 0 Å². The summed E-state index contributed by atoms with van der Waals surface area (Å²) < 4.78 is 5.29. The molecular formula is C14H28N2O3S. The lowest BCUT2D eigenvalue weighted by atomic mass is 9.95. The van der Waals surface area contributed by atoms with Gasteiger partial charge in [-0.25, -0.2) is 4.79 Å². The predicted molar refractivity (Wildman–Crippen MR) is 83.3 cm³/mol. The number of hydrogen-bond acceptors (Lipinski definition) is 5. The molecule has 5 nitrogen and oxygen atoms in total. The van der Waals surface area contributed by atoms with E-state index < -0.39 is 5.60 Å². The maximum absolute atomic E-state index is 12.0. The Balaban J connectivity index is 2.44. The molecule has 1 heterocycles. The first-order chi connectivity index (χ1) is 9.15. The number of piperidine rings is 1. The van der Waals surface area contributed by atoms with E-state index in [9.17, 15) is 4.79 Å². The molecule has 1 amide bonds. The second-order valence-electron chi connectivity index (χ2n) is 6.65. The van der Waals surface area contributed by atoms with Crippen molar-refractivity contribution in [2.45, 2.75) is 44.0 Å². The van der Waals surface area contributed by atoms with Gasteiger partial charge in [-0.15, -0.1) is 0 Å². The number of amides is 1. The van der Waals surface area contributed by atoms with Crippen molar-refractivity contribution >= 4 is 18.7 Å². The molecule has 0 atom stereocenters. The van der Waals surface area contributed by atoms with Crippen LogP contribution in [0.15, 0.2) is 0 Å². The van der Waals surface area contributed by atoms with Gasteiger partial charge in [-0.1, -0.05) is 0 Å². The van der Waals surface area contributed by atoms with Crippen molar-refractivity contribution in [2.75, 3.05) is 39.8 Å². The van der Waals surface area contributed by atoms with Crippen LogP contribution in [-0.2, 0) is 4.74 Å². The lowest BCUT2D eigenvalue weighted by molar-refractivity contribution is 0.0189. The number of hydrogen-bond donors (Lipinski definition) is 2. The number of carbonyl (C=O) groups is 1. The first-order valence-electron chi connectivity index (χ1n) is 7.15. The van der Waals surface area contributed by atoms with Gasteiger partial charge < -0.3 is 19.6 Å². The molecule has 0 spiro atoms. The Morgan fingerprint density at radius 3 is 2.40 bits per heavy atom. The van der Waals surface area contributed by atoms with E-state index >= 15 is 0 Å². The molecule has 0 aliphatic carbocycles. The minimum Gasteiger partial charge on any atom is -0.444 e. The highest BCUT2D eigenvalue weighted by Crippen LogP contribution is 2.30. The molecular weight excluding hydrogens is 276 g/mol. The summed E-state index contributed by atoms with van der Waals surface area (Å²) in [5, 5.41) is 8.94. The van der Waals surface area contributed by atoms with Crippen LogP contribution >= 0.6 is 12.6 Å². The van der Waals surface area contributed by atoms with Crippen molar-refractivity contribution < 1.29 is 14.6 Å². The fourth-order valence-electron chi connectivity index (χ4n) is 2.34. The fourth-order valence-corrected chi connectivity index (χ4v) is 2.78. The molecule has 0 aromatic rings. The largest absolute Gasteiger partial charge is 0.444 e. The molecule has 0 bridgehead atoms. The summed E-state index contributed by atoms with van der Waals surface area (Å²) in [5.74, 6) is 0. The monoisotopic (exact) mass is 304 g/mol. The van der Waals surface area contributed by atoms with Crippen LogP contribution in [0.3, 0.4) is 0 Å². The smallest absolute Gasteiger partial charge is 0.410 e. The van der Waals surface area contributed by atoms with Crippen molar-refractivity contribution in [1.29, 1.82) is 0 Å². The first kappa shape index (κ1) is 17.6. The summed E-state index contributed by atoms with van der Waals surface area (Å²) in [4.78, 5) is 15.8. The molecule has 0 radical (unpaired) electrons. The fraction of sp³-hybridized carbons (Fsp3) is 0.929. The number of thiol groups is 1. The summed E-state index contributed by atoms with van der Waals surface area (Å²) in [6.45, 7) is 8.60. The Labute approximate surface area is 127 Å². The Bertz CT molecular complexity index is 323. The molecule has 20 heavy (non-hydrogen) atoms. The standard InChI is InChI=1S/C14H28N2O3S/c1-13(2,3)19-12(18)16-7-5-14(20,6-8-16)11-15(4)9-10-17/h17,20H,5-11H2,1-4H3. The molecule has 1 saturated heterocycles. The Morgan fingerprint density at radius 1 is 1.40 bits per heavy atom. The Morgan fingerprint density at radius 2 is 1.95 bits per heavy atom. The summed E-state index contributed by atoms with van der Waals surface area (Å²) in [6, 6.07) is 0. The SMILES string of the molecule is CN(CCO)CC1(S)CCN(C(=O)OC(C)(C)C)CC1. The molecule has 0 aromatic heterocycles. The maximum Gasteiger partial charge on any atom is 0.410 e. The average Bonchev–Trinajstić information content (AvgIpc) is 2.26. The number of ether oxygens (including phenoxy) is 1. The van der Waals surface area contributed by atoms with Crippen molar-refractivity contribution in [2.24, 2.45) is 0 Å². The molecule has 1 aliphatic heterocycles. The van der Waals surface area contributed by atoms with E-state index in [1.54, 1.807) is 4.90 Å². The third kappa shape index (κ3) is 5.89. The summed E-state index contributed by atoms with van der Waals surface area (Å²) in [5.41, 5.74) is -0.450. The summed E-state index contributed by atoms with van der Waals surface area (Å²) in [6.07, 6.45) is 1.44. The molecule has 1 rings (SSSR count). The van der Waals surface area contributed by atoms with Crippen molar-refractivity contribution in [1.82, 2.24) is 9.80 Å². The van der Waals surface area contributed by atoms with E-state index in [-0.39, 0.29) is 17.4 Å². The van der Waals surface area contributed by atoms with E-state index in [1.165, 1.54) is 0 Å². The number of likely N-dealkylation sites (N-methyl/N-ethyl adjacent to an activating group) is 1. The van der Waals surface area contributed by atoms with Crippen LogP contribution in [0, 0.1) is 0 Å². The van der Waals surface area contributed by atoms with Crippen LogP contribution < -0.4 is 0 Å². The molecule has 118 valence electrons. The van der Waals surface area contributed by atoms with Gasteiger partial charge in [0.15, 0.2) is 0 Å². The van der Waals surface area contributed by atoms with E-state index in [2.05, 4.69) is 4.90 Å². The van der Waals surface area contributed by atoms with Crippen LogP contribution in [0.25, 0.3) is 0 Å². The van der Waals surface area contributed by atoms with Crippen molar-refractivity contribution in [3.63, 3.8) is 0 Å². The number of rotatable bonds is 4. The molecule has 0 unspecified atom stereocenters. The summed E-state index contributed by atoms with van der Waals surface area (Å²) >= 11 is 4.78. The number of nitrogens with zero attached hydrogens (tertiary/aromatic N) is 2. The van der Waals surface area contributed by atoms with Crippen LogP contribution in [0.5, 0.6) is 0 Å². The van der Waals surface area contributed by atoms with Gasteiger partial charge in [0.05, 0.1) is 6.61 Å². The third-order valence-electron chi connectivity index (χ3n) is 3.39. The van der Waals surface area contributed by atoms with Crippen LogP contribution in [-0.4, -0.2) is 71.2 Å². The zero-order chi connectivity index (χ0) is 15.4. The van der Waals surface area contributed by atoms with Crippen molar-refractivity contribution in [3.8, 4) is 0 Å². The van der Waals surface area contributed by atoms with Gasteiger partial charge in [-0.3, -0.25) is 0 Å². The second-order valence-corrected chi connectivity index (χ2v) is 7.60. The minimum absolute atomic E-state index is 0.0948. The third-order valence-corrected chi connectivity index (χ3v) is 3.98. The van der Waals surface area contributed by atoms with Gasteiger partial charge in [-0.2, -0.15) is 12.6 Å². The van der Waals surface area contributed by atoms with Gasteiger partial charge in [0.1, 0.15) is 5.60 Å². The minimum atomic E-state index is -0.450. The highest BCUT2D eigenvalue weighted by Gasteiger charge is 2.35. The zero-order valence-electron chi connectivity index (χ0n) is 13.1.